The second kappa shape index (κ2) is 11.1. The summed E-state index contributed by atoms with van der Waals surface area (Å²) in [7, 11) is 0. The number of halogens is 1. The Bertz CT molecular complexity index is 787. The van der Waals surface area contributed by atoms with Crippen molar-refractivity contribution in [2.24, 2.45) is 0 Å². The first-order valence-electron chi connectivity index (χ1n) is 7.62. The molecule has 0 heterocycles. The monoisotopic (exact) mass is 426 g/mol. The molecule has 0 fully saturated rings. The van der Waals surface area contributed by atoms with Gasteiger partial charge in [0.2, 0.25) is 0 Å². The fraction of sp³-hybridized carbons (Fsp3) is 0.263. The predicted octanol–water partition coefficient (Wildman–Crippen LogP) is 4.70. The number of carbonyl (C=O) groups is 2. The Kier molecular flexibility index (Phi) is 10.1. The number of rotatable bonds is 2. The smallest absolute Gasteiger partial charge is 0.300 e. The lowest BCUT2D eigenvalue weighted by Gasteiger charge is -2.12. The summed E-state index contributed by atoms with van der Waals surface area (Å²) in [6, 6.07) is 7.54. The van der Waals surface area contributed by atoms with Crippen LogP contribution in [0, 0.1) is 0 Å². The number of phenolic OH excluding ortho intramolecular Hbond substituents is 2. The molecule has 0 saturated carbocycles. The number of carboxylic acid groups (broad SMARTS) is 2. The van der Waals surface area contributed by atoms with Crippen molar-refractivity contribution < 1.29 is 30.0 Å². The van der Waals surface area contributed by atoms with E-state index >= 15 is 0 Å². The standard InChI is InChI=1S/C15H15BrO2.2C2H4O2/c1-9(2)7-8-11-10-5-3-4-6-12(10)14(17)15(18)13(11)16;2*1-2(3)4/h3-7,17-18H,8H2,1-2H3;2*1H3,(H,3,4). The van der Waals surface area contributed by atoms with Crippen molar-refractivity contribution in [1.29, 1.82) is 0 Å². The third kappa shape index (κ3) is 8.02. The van der Waals surface area contributed by atoms with Crippen molar-refractivity contribution in [3.8, 4) is 11.5 Å². The average Bonchev–Trinajstić information content (AvgIpc) is 2.51. The van der Waals surface area contributed by atoms with Gasteiger partial charge < -0.3 is 20.4 Å². The van der Waals surface area contributed by atoms with Crippen LogP contribution in [0.3, 0.4) is 0 Å². The molecule has 0 bridgehead atoms. The van der Waals surface area contributed by atoms with Crippen LogP contribution in [-0.2, 0) is 16.0 Å². The first-order valence-corrected chi connectivity index (χ1v) is 8.41. The van der Waals surface area contributed by atoms with E-state index in [0.29, 0.717) is 9.86 Å². The third-order valence-electron chi connectivity index (χ3n) is 2.92. The molecule has 0 aliphatic rings. The van der Waals surface area contributed by atoms with E-state index in [9.17, 15) is 10.2 Å². The molecule has 2 aromatic carbocycles. The molecule has 0 unspecified atom stereocenters. The highest BCUT2D eigenvalue weighted by atomic mass is 79.9. The summed E-state index contributed by atoms with van der Waals surface area (Å²) in [6.07, 6.45) is 2.82. The molecular formula is C19H23BrO6. The van der Waals surface area contributed by atoms with Crippen LogP contribution < -0.4 is 0 Å². The van der Waals surface area contributed by atoms with Crippen LogP contribution in [0.25, 0.3) is 10.8 Å². The number of hydrogen-bond donors (Lipinski definition) is 4. The highest BCUT2D eigenvalue weighted by Crippen LogP contribution is 2.43. The lowest BCUT2D eigenvalue weighted by Crippen LogP contribution is -1.89. The Hall–Kier alpha value is -2.54. The molecule has 2 aromatic rings. The highest BCUT2D eigenvalue weighted by Gasteiger charge is 2.15. The Morgan fingerprint density at radius 2 is 1.35 bits per heavy atom. The fourth-order valence-electron chi connectivity index (χ4n) is 1.95. The van der Waals surface area contributed by atoms with Crippen LogP contribution in [0.4, 0.5) is 0 Å². The Labute approximate surface area is 160 Å². The normalized spacial score (nSPS) is 9.27. The molecule has 4 N–H and O–H groups in total. The van der Waals surface area contributed by atoms with Crippen LogP contribution in [0.5, 0.6) is 11.5 Å². The van der Waals surface area contributed by atoms with Gasteiger partial charge in [0, 0.05) is 19.2 Å². The Balaban J connectivity index is 0.000000662. The summed E-state index contributed by atoms with van der Waals surface area (Å²) in [5.41, 5.74) is 2.21. The van der Waals surface area contributed by atoms with Gasteiger partial charge in [0.1, 0.15) is 0 Å². The minimum atomic E-state index is -0.833. The van der Waals surface area contributed by atoms with Gasteiger partial charge in [0.05, 0.1) is 4.47 Å². The number of phenols is 2. The number of benzene rings is 2. The Morgan fingerprint density at radius 3 is 1.77 bits per heavy atom. The first-order chi connectivity index (χ1) is 12.0. The molecule has 0 aliphatic heterocycles. The third-order valence-corrected chi connectivity index (χ3v) is 3.77. The van der Waals surface area contributed by atoms with E-state index in [1.165, 1.54) is 5.57 Å². The van der Waals surface area contributed by atoms with Crippen molar-refractivity contribution in [2.45, 2.75) is 34.1 Å². The molecular weight excluding hydrogens is 404 g/mol. The molecule has 0 aromatic heterocycles. The van der Waals surface area contributed by atoms with Crippen molar-refractivity contribution >= 4 is 38.6 Å². The zero-order chi connectivity index (χ0) is 20.4. The highest BCUT2D eigenvalue weighted by molar-refractivity contribution is 9.10. The number of hydrogen-bond acceptors (Lipinski definition) is 4. The number of aliphatic carboxylic acids is 2. The molecule has 6 nitrogen and oxygen atoms in total. The summed E-state index contributed by atoms with van der Waals surface area (Å²) in [5, 5.41) is 36.3. The SMILES string of the molecule is CC(=O)O.CC(=O)O.CC(C)=CCc1c(Br)c(O)c(O)c2ccccc12. The van der Waals surface area contributed by atoms with Gasteiger partial charge in [-0.05, 0) is 47.1 Å². The molecule has 0 atom stereocenters. The fourth-order valence-corrected chi connectivity index (χ4v) is 2.51. The predicted molar refractivity (Wildman–Crippen MR) is 105 cm³/mol. The van der Waals surface area contributed by atoms with Gasteiger partial charge in [-0.15, -0.1) is 0 Å². The van der Waals surface area contributed by atoms with E-state index < -0.39 is 11.9 Å². The maximum Gasteiger partial charge on any atom is 0.300 e. The second-order valence-electron chi connectivity index (χ2n) is 5.56. The van der Waals surface area contributed by atoms with E-state index in [1.54, 1.807) is 0 Å². The van der Waals surface area contributed by atoms with E-state index in [1.807, 2.05) is 38.1 Å². The maximum atomic E-state index is 9.95. The molecule has 7 heteroatoms. The van der Waals surface area contributed by atoms with Crippen LogP contribution in [0.1, 0.15) is 33.3 Å². The summed E-state index contributed by atoms with van der Waals surface area (Å²) >= 11 is 3.36. The van der Waals surface area contributed by atoms with Crippen LogP contribution >= 0.6 is 15.9 Å². The zero-order valence-electron chi connectivity index (χ0n) is 15.1. The van der Waals surface area contributed by atoms with E-state index in [4.69, 9.17) is 19.8 Å². The van der Waals surface area contributed by atoms with Gasteiger partial charge in [-0.1, -0.05) is 35.9 Å². The molecule has 0 amide bonds. The number of aromatic hydroxyl groups is 2. The molecule has 0 saturated heterocycles. The van der Waals surface area contributed by atoms with Gasteiger partial charge in [-0.3, -0.25) is 9.59 Å². The van der Waals surface area contributed by atoms with Gasteiger partial charge in [0.25, 0.3) is 11.9 Å². The second-order valence-corrected chi connectivity index (χ2v) is 6.35. The summed E-state index contributed by atoms with van der Waals surface area (Å²) in [5.74, 6) is -1.83. The van der Waals surface area contributed by atoms with Gasteiger partial charge in [-0.2, -0.15) is 0 Å². The molecule has 26 heavy (non-hydrogen) atoms. The largest absolute Gasteiger partial charge is 0.504 e. The Morgan fingerprint density at radius 1 is 0.923 bits per heavy atom. The minimum absolute atomic E-state index is 0.0709. The average molecular weight is 427 g/mol. The lowest BCUT2D eigenvalue weighted by molar-refractivity contribution is -0.135. The van der Waals surface area contributed by atoms with Gasteiger partial charge in [-0.25, -0.2) is 0 Å². The number of carboxylic acids is 2. The van der Waals surface area contributed by atoms with Crippen molar-refractivity contribution in [1.82, 2.24) is 0 Å². The lowest BCUT2D eigenvalue weighted by atomic mass is 10.00. The topological polar surface area (TPSA) is 115 Å². The van der Waals surface area contributed by atoms with E-state index in [2.05, 4.69) is 22.0 Å². The van der Waals surface area contributed by atoms with Crippen LogP contribution in [0.2, 0.25) is 0 Å². The van der Waals surface area contributed by atoms with E-state index in [-0.39, 0.29) is 11.5 Å². The number of fused-ring (bicyclic) bond motifs is 1. The number of allylic oxidation sites excluding steroid dienone is 2. The molecule has 0 aliphatic carbocycles. The molecule has 2 rings (SSSR count). The molecule has 142 valence electrons. The minimum Gasteiger partial charge on any atom is -0.504 e. The van der Waals surface area contributed by atoms with Crippen LogP contribution in [0.15, 0.2) is 40.4 Å². The van der Waals surface area contributed by atoms with Crippen molar-refractivity contribution in [3.63, 3.8) is 0 Å². The summed E-state index contributed by atoms with van der Waals surface area (Å²) in [6.45, 7) is 6.24. The molecule has 0 radical (unpaired) electrons. The van der Waals surface area contributed by atoms with E-state index in [0.717, 1.165) is 31.2 Å². The molecule has 0 spiro atoms. The summed E-state index contributed by atoms with van der Waals surface area (Å²) < 4.78 is 0.566. The van der Waals surface area contributed by atoms with Crippen molar-refractivity contribution in [3.05, 3.63) is 46.0 Å². The maximum absolute atomic E-state index is 9.95. The van der Waals surface area contributed by atoms with Crippen LogP contribution in [-0.4, -0.2) is 32.4 Å². The zero-order valence-corrected chi connectivity index (χ0v) is 16.7. The van der Waals surface area contributed by atoms with Gasteiger partial charge in [0.15, 0.2) is 11.5 Å². The quantitative estimate of drug-likeness (QED) is 0.408. The first kappa shape index (κ1) is 23.5. The van der Waals surface area contributed by atoms with Crippen molar-refractivity contribution in [2.75, 3.05) is 0 Å². The summed E-state index contributed by atoms with van der Waals surface area (Å²) in [4.78, 5) is 18.0. The van der Waals surface area contributed by atoms with Gasteiger partial charge >= 0.3 is 0 Å².